The minimum absolute atomic E-state index is 0.0164. The summed E-state index contributed by atoms with van der Waals surface area (Å²) in [5.41, 5.74) is 4.32. The highest BCUT2D eigenvalue weighted by Gasteiger charge is 2.30. The van der Waals surface area contributed by atoms with Gasteiger partial charge in [0.15, 0.2) is 0 Å². The Morgan fingerprint density at radius 1 is 0.929 bits per heavy atom. The molecule has 0 aromatic heterocycles. The van der Waals surface area contributed by atoms with Crippen LogP contribution in [0.25, 0.3) is 11.1 Å². The number of aliphatic carboxylic acids is 2. The van der Waals surface area contributed by atoms with Crippen LogP contribution in [0.15, 0.2) is 48.5 Å². The molecule has 1 atom stereocenters. The Morgan fingerprint density at radius 2 is 1.50 bits per heavy atom. The van der Waals surface area contributed by atoms with Crippen LogP contribution in [0.1, 0.15) is 29.9 Å². The Bertz CT molecular complexity index is 848. The Labute approximate surface area is 162 Å². The molecule has 2 aromatic carbocycles. The van der Waals surface area contributed by atoms with Crippen LogP contribution >= 0.6 is 0 Å². The summed E-state index contributed by atoms with van der Waals surface area (Å²) >= 11 is 0. The van der Waals surface area contributed by atoms with Crippen molar-refractivity contribution in [1.82, 2.24) is 5.32 Å². The first kappa shape index (κ1) is 19.6. The minimum atomic E-state index is -1.17. The molecule has 0 saturated heterocycles. The van der Waals surface area contributed by atoms with E-state index in [2.05, 4.69) is 5.32 Å². The van der Waals surface area contributed by atoms with Crippen molar-refractivity contribution >= 4 is 17.9 Å². The van der Waals surface area contributed by atoms with E-state index in [4.69, 9.17) is 14.9 Å². The number of rotatable bonds is 9. The van der Waals surface area contributed by atoms with Gasteiger partial charge in [-0.1, -0.05) is 48.5 Å². The lowest BCUT2D eigenvalue weighted by Gasteiger charge is -2.18. The molecule has 1 aliphatic carbocycles. The summed E-state index contributed by atoms with van der Waals surface area (Å²) in [5.74, 6) is -3.02. The second kappa shape index (κ2) is 8.67. The molecule has 146 valence electrons. The molecule has 2 aromatic rings. The average molecular weight is 383 g/mol. The highest BCUT2D eigenvalue weighted by atomic mass is 16.5. The summed E-state index contributed by atoms with van der Waals surface area (Å²) in [6.07, 6.45) is -0.691. The predicted molar refractivity (Wildman–Crippen MR) is 101 cm³/mol. The second-order valence-electron chi connectivity index (χ2n) is 6.61. The fourth-order valence-corrected chi connectivity index (χ4v) is 3.47. The highest BCUT2D eigenvalue weighted by molar-refractivity contribution is 5.83. The fourth-order valence-electron chi connectivity index (χ4n) is 3.47. The van der Waals surface area contributed by atoms with Gasteiger partial charge in [-0.15, -0.1) is 0 Å². The number of hydrogen-bond acceptors (Lipinski definition) is 5. The van der Waals surface area contributed by atoms with Crippen LogP contribution in [0.4, 0.5) is 0 Å². The molecular weight excluding hydrogens is 362 g/mol. The molecule has 0 spiro atoms. The monoisotopic (exact) mass is 383 g/mol. The third kappa shape index (κ3) is 4.37. The lowest BCUT2D eigenvalue weighted by Crippen LogP contribution is -2.41. The molecule has 0 radical (unpaired) electrons. The van der Waals surface area contributed by atoms with Gasteiger partial charge in [-0.05, 0) is 22.3 Å². The van der Waals surface area contributed by atoms with Crippen molar-refractivity contribution in [1.29, 1.82) is 0 Å². The van der Waals surface area contributed by atoms with E-state index in [1.165, 1.54) is 0 Å². The molecule has 3 N–H and O–H groups in total. The Kier molecular flexibility index (Phi) is 6.06. The number of fused-ring (bicyclic) bond motifs is 3. The van der Waals surface area contributed by atoms with E-state index in [1.807, 2.05) is 48.5 Å². The van der Waals surface area contributed by atoms with Gasteiger partial charge in [-0.3, -0.25) is 14.4 Å². The summed E-state index contributed by atoms with van der Waals surface area (Å²) in [4.78, 5) is 34.1. The number of carboxylic acid groups (broad SMARTS) is 2. The molecule has 0 bridgehead atoms. The third-order valence-corrected chi connectivity index (χ3v) is 4.75. The van der Waals surface area contributed by atoms with E-state index in [0.29, 0.717) is 0 Å². The molecule has 0 aliphatic heterocycles. The molecule has 7 nitrogen and oxygen atoms in total. The Balaban J connectivity index is 1.70. The lowest BCUT2D eigenvalue weighted by molar-refractivity contribution is -0.150. The van der Waals surface area contributed by atoms with Crippen LogP contribution in [-0.4, -0.2) is 47.3 Å². The third-order valence-electron chi connectivity index (χ3n) is 4.75. The molecule has 0 heterocycles. The normalized spacial score (nSPS) is 13.4. The maximum Gasteiger partial charge on any atom is 0.323 e. The smallest absolute Gasteiger partial charge is 0.323 e. The zero-order valence-corrected chi connectivity index (χ0v) is 15.1. The summed E-state index contributed by atoms with van der Waals surface area (Å²) in [5, 5.41) is 20.4. The van der Waals surface area contributed by atoms with E-state index in [1.54, 1.807) is 0 Å². The van der Waals surface area contributed by atoms with Crippen LogP contribution in [0.5, 0.6) is 0 Å². The second-order valence-corrected chi connectivity index (χ2v) is 6.61. The maximum absolute atomic E-state index is 12.4. The summed E-state index contributed by atoms with van der Waals surface area (Å²) in [7, 11) is 0. The summed E-state index contributed by atoms with van der Waals surface area (Å²) in [6, 6.07) is 14.7. The van der Waals surface area contributed by atoms with Gasteiger partial charge >= 0.3 is 17.9 Å². The van der Waals surface area contributed by atoms with Gasteiger partial charge in [0, 0.05) is 12.5 Å². The van der Waals surface area contributed by atoms with E-state index in [9.17, 15) is 14.4 Å². The molecule has 0 amide bonds. The highest BCUT2D eigenvalue weighted by Crippen LogP contribution is 2.44. The van der Waals surface area contributed by atoms with Gasteiger partial charge < -0.3 is 20.3 Å². The van der Waals surface area contributed by atoms with Gasteiger partial charge in [0.05, 0.1) is 12.8 Å². The number of esters is 1. The Hall–Kier alpha value is -3.19. The van der Waals surface area contributed by atoms with Crippen molar-refractivity contribution in [2.24, 2.45) is 0 Å². The van der Waals surface area contributed by atoms with Crippen LogP contribution < -0.4 is 5.32 Å². The zero-order valence-electron chi connectivity index (χ0n) is 15.1. The van der Waals surface area contributed by atoms with E-state index in [-0.39, 0.29) is 25.5 Å². The first-order chi connectivity index (χ1) is 13.5. The van der Waals surface area contributed by atoms with Gasteiger partial charge in [0.25, 0.3) is 0 Å². The predicted octanol–water partition coefficient (Wildman–Crippen LogP) is 2.25. The molecule has 1 unspecified atom stereocenters. The van der Waals surface area contributed by atoms with E-state index >= 15 is 0 Å². The number of carbonyl (C=O) groups is 3. The van der Waals surface area contributed by atoms with Gasteiger partial charge in [0.2, 0.25) is 0 Å². The SMILES string of the molecule is O=C(O)CCNC(CC(=O)O)C(=O)OCC1c2ccccc2-c2ccccc21. The van der Waals surface area contributed by atoms with Crippen LogP contribution in [-0.2, 0) is 19.1 Å². The molecule has 0 saturated carbocycles. The van der Waals surface area contributed by atoms with Crippen LogP contribution in [0.2, 0.25) is 0 Å². The van der Waals surface area contributed by atoms with Gasteiger partial charge in [-0.2, -0.15) is 0 Å². The number of ether oxygens (including phenoxy) is 1. The number of hydrogen-bond donors (Lipinski definition) is 3. The first-order valence-electron chi connectivity index (χ1n) is 8.99. The van der Waals surface area contributed by atoms with Crippen molar-refractivity contribution in [2.75, 3.05) is 13.2 Å². The van der Waals surface area contributed by atoms with Crippen molar-refractivity contribution in [3.05, 3.63) is 59.7 Å². The topological polar surface area (TPSA) is 113 Å². The number of carboxylic acids is 2. The standard InChI is InChI=1S/C21H21NO6/c23-19(24)9-10-22-18(11-20(25)26)21(27)28-12-17-15-7-3-1-5-13(15)14-6-2-4-8-16(14)17/h1-8,17-18,22H,9-12H2,(H,23,24)(H,25,26). The van der Waals surface area contributed by atoms with Crippen molar-refractivity contribution in [3.8, 4) is 11.1 Å². The summed E-state index contributed by atoms with van der Waals surface area (Å²) < 4.78 is 5.45. The van der Waals surface area contributed by atoms with Crippen LogP contribution in [0, 0.1) is 0 Å². The lowest BCUT2D eigenvalue weighted by atomic mass is 9.98. The quantitative estimate of drug-likeness (QED) is 0.569. The van der Waals surface area contributed by atoms with Crippen molar-refractivity contribution < 1.29 is 29.3 Å². The van der Waals surface area contributed by atoms with E-state index in [0.717, 1.165) is 22.3 Å². The molecule has 0 fully saturated rings. The zero-order chi connectivity index (χ0) is 20.1. The van der Waals surface area contributed by atoms with Gasteiger partial charge in [0.1, 0.15) is 12.6 Å². The van der Waals surface area contributed by atoms with Crippen molar-refractivity contribution in [2.45, 2.75) is 24.8 Å². The van der Waals surface area contributed by atoms with Gasteiger partial charge in [-0.25, -0.2) is 0 Å². The number of nitrogens with one attached hydrogen (secondary N) is 1. The van der Waals surface area contributed by atoms with E-state index < -0.39 is 30.4 Å². The maximum atomic E-state index is 12.4. The molecule has 3 rings (SSSR count). The molecule has 1 aliphatic rings. The fraction of sp³-hybridized carbons (Fsp3) is 0.286. The van der Waals surface area contributed by atoms with Crippen LogP contribution in [0.3, 0.4) is 0 Å². The summed E-state index contributed by atoms with van der Waals surface area (Å²) in [6.45, 7) is 0.0705. The Morgan fingerprint density at radius 3 is 2.04 bits per heavy atom. The largest absolute Gasteiger partial charge is 0.481 e. The first-order valence-corrected chi connectivity index (χ1v) is 8.99. The molecule has 28 heavy (non-hydrogen) atoms. The minimum Gasteiger partial charge on any atom is -0.481 e. The molecular formula is C21H21NO6. The molecule has 7 heteroatoms. The number of carbonyl (C=O) groups excluding carboxylic acids is 1. The van der Waals surface area contributed by atoms with Crippen molar-refractivity contribution in [3.63, 3.8) is 0 Å². The number of benzene rings is 2. The average Bonchev–Trinajstić information content (AvgIpc) is 2.99.